The Balaban J connectivity index is 1.83. The largest absolute Gasteiger partial charge is 0.481 e. The van der Waals surface area contributed by atoms with Gasteiger partial charge < -0.3 is 10.0 Å². The summed E-state index contributed by atoms with van der Waals surface area (Å²) in [5.41, 5.74) is 1.00. The molecule has 0 unspecified atom stereocenters. The average molecular weight is 273 g/mol. The Morgan fingerprint density at radius 1 is 1.20 bits per heavy atom. The van der Waals surface area contributed by atoms with Gasteiger partial charge in [-0.05, 0) is 30.4 Å². The molecule has 4 heteroatoms. The summed E-state index contributed by atoms with van der Waals surface area (Å²) in [5.74, 6) is -0.545. The molecule has 0 aromatic heterocycles. The fourth-order valence-corrected chi connectivity index (χ4v) is 2.44. The molecule has 1 amide bonds. The third kappa shape index (κ3) is 4.23. The first-order valence-electron chi connectivity index (χ1n) is 6.89. The molecule has 1 aliphatic heterocycles. The Kier molecular flexibility index (Phi) is 4.93. The van der Waals surface area contributed by atoms with Crippen LogP contribution in [0.2, 0.25) is 0 Å². The highest BCUT2D eigenvalue weighted by Gasteiger charge is 2.22. The second-order valence-electron chi connectivity index (χ2n) is 5.11. The summed E-state index contributed by atoms with van der Waals surface area (Å²) in [5, 5.41) is 8.76. The van der Waals surface area contributed by atoms with E-state index in [2.05, 4.69) is 0 Å². The highest BCUT2D eigenvalue weighted by Crippen LogP contribution is 2.20. The van der Waals surface area contributed by atoms with E-state index in [1.165, 1.54) is 0 Å². The van der Waals surface area contributed by atoms with Crippen LogP contribution in [0, 0.1) is 5.92 Å². The average Bonchev–Trinajstić information content (AvgIpc) is 2.46. The van der Waals surface area contributed by atoms with Crippen molar-refractivity contribution >= 4 is 18.0 Å². The Hall–Kier alpha value is -2.10. The molecule has 4 nitrogen and oxygen atoms in total. The molecule has 0 radical (unpaired) electrons. The topological polar surface area (TPSA) is 57.6 Å². The molecule has 0 saturated carbocycles. The lowest BCUT2D eigenvalue weighted by atomic mass is 9.93. The normalized spacial score (nSPS) is 16.5. The molecule has 0 atom stereocenters. The number of amides is 1. The minimum Gasteiger partial charge on any atom is -0.481 e. The van der Waals surface area contributed by atoms with Crippen molar-refractivity contribution in [2.75, 3.05) is 13.1 Å². The van der Waals surface area contributed by atoms with Gasteiger partial charge in [-0.2, -0.15) is 0 Å². The van der Waals surface area contributed by atoms with Gasteiger partial charge in [0, 0.05) is 25.6 Å². The summed E-state index contributed by atoms with van der Waals surface area (Å²) in [6.45, 7) is 1.30. The molecule has 1 heterocycles. The van der Waals surface area contributed by atoms with Gasteiger partial charge in [0.15, 0.2) is 0 Å². The van der Waals surface area contributed by atoms with E-state index >= 15 is 0 Å². The Labute approximate surface area is 118 Å². The second-order valence-corrected chi connectivity index (χ2v) is 5.11. The molecular weight excluding hydrogens is 254 g/mol. The predicted octanol–water partition coefficient (Wildman–Crippen LogP) is 2.41. The second kappa shape index (κ2) is 6.89. The molecule has 0 bridgehead atoms. The molecule has 1 aromatic rings. The molecule has 1 N–H and O–H groups in total. The van der Waals surface area contributed by atoms with Crippen LogP contribution in [0.25, 0.3) is 6.08 Å². The monoisotopic (exact) mass is 273 g/mol. The molecule has 1 fully saturated rings. The molecular formula is C16H19NO3. The number of hydrogen-bond donors (Lipinski definition) is 1. The van der Waals surface area contributed by atoms with Crippen LogP contribution in [-0.4, -0.2) is 35.0 Å². The highest BCUT2D eigenvalue weighted by molar-refractivity contribution is 5.91. The van der Waals surface area contributed by atoms with Crippen LogP contribution in [0.4, 0.5) is 0 Å². The van der Waals surface area contributed by atoms with Crippen LogP contribution in [0.15, 0.2) is 36.4 Å². The van der Waals surface area contributed by atoms with Crippen molar-refractivity contribution in [1.82, 2.24) is 4.90 Å². The van der Waals surface area contributed by atoms with Crippen molar-refractivity contribution in [3.63, 3.8) is 0 Å². The van der Waals surface area contributed by atoms with Crippen LogP contribution >= 0.6 is 0 Å². The van der Waals surface area contributed by atoms with Gasteiger partial charge in [-0.15, -0.1) is 0 Å². The number of carboxylic acid groups (broad SMARTS) is 1. The first-order valence-corrected chi connectivity index (χ1v) is 6.89. The van der Waals surface area contributed by atoms with Gasteiger partial charge >= 0.3 is 5.97 Å². The summed E-state index contributed by atoms with van der Waals surface area (Å²) in [7, 11) is 0. The summed E-state index contributed by atoms with van der Waals surface area (Å²) < 4.78 is 0. The molecule has 2 rings (SSSR count). The van der Waals surface area contributed by atoms with Crippen LogP contribution in [0.5, 0.6) is 0 Å². The summed E-state index contributed by atoms with van der Waals surface area (Å²) in [6.07, 6.45) is 5.16. The third-order valence-corrected chi connectivity index (χ3v) is 3.61. The first-order chi connectivity index (χ1) is 9.65. The molecule has 1 aliphatic rings. The van der Waals surface area contributed by atoms with Gasteiger partial charge in [0.25, 0.3) is 0 Å². The van der Waals surface area contributed by atoms with Crippen molar-refractivity contribution in [3.8, 4) is 0 Å². The molecule has 1 aromatic carbocycles. The Morgan fingerprint density at radius 3 is 2.45 bits per heavy atom. The Bertz CT molecular complexity index is 488. The van der Waals surface area contributed by atoms with Crippen molar-refractivity contribution in [1.29, 1.82) is 0 Å². The van der Waals surface area contributed by atoms with E-state index in [1.807, 2.05) is 36.4 Å². The van der Waals surface area contributed by atoms with E-state index in [9.17, 15) is 9.59 Å². The van der Waals surface area contributed by atoms with E-state index < -0.39 is 5.97 Å². The quantitative estimate of drug-likeness (QED) is 0.857. The lowest BCUT2D eigenvalue weighted by Gasteiger charge is -2.30. The predicted molar refractivity (Wildman–Crippen MR) is 77.0 cm³/mol. The summed E-state index contributed by atoms with van der Waals surface area (Å²) in [4.78, 5) is 24.5. The minimum absolute atomic E-state index is 0.00243. The number of nitrogens with zero attached hydrogens (tertiary/aromatic N) is 1. The fraction of sp³-hybridized carbons (Fsp3) is 0.375. The maximum Gasteiger partial charge on any atom is 0.303 e. The van der Waals surface area contributed by atoms with E-state index in [-0.39, 0.29) is 18.2 Å². The highest BCUT2D eigenvalue weighted by atomic mass is 16.4. The maximum atomic E-state index is 12.0. The van der Waals surface area contributed by atoms with Gasteiger partial charge in [-0.1, -0.05) is 30.3 Å². The smallest absolute Gasteiger partial charge is 0.303 e. The zero-order valence-electron chi connectivity index (χ0n) is 11.4. The van der Waals surface area contributed by atoms with Crippen LogP contribution < -0.4 is 0 Å². The zero-order valence-corrected chi connectivity index (χ0v) is 11.4. The van der Waals surface area contributed by atoms with Crippen molar-refractivity contribution < 1.29 is 14.7 Å². The van der Waals surface area contributed by atoms with Crippen molar-refractivity contribution in [3.05, 3.63) is 42.0 Å². The van der Waals surface area contributed by atoms with E-state index in [1.54, 1.807) is 11.0 Å². The number of carbonyl (C=O) groups excluding carboxylic acids is 1. The minimum atomic E-state index is -0.751. The molecule has 20 heavy (non-hydrogen) atoms. The zero-order chi connectivity index (χ0) is 14.4. The first kappa shape index (κ1) is 14.3. The number of benzene rings is 1. The van der Waals surface area contributed by atoms with E-state index in [0.29, 0.717) is 13.1 Å². The standard InChI is InChI=1S/C16H19NO3/c18-15(7-6-13-4-2-1-3-5-13)17-10-8-14(9-11-17)12-16(19)20/h1-7,14H,8-12H2,(H,19,20). The van der Waals surface area contributed by atoms with Crippen LogP contribution in [-0.2, 0) is 9.59 Å². The van der Waals surface area contributed by atoms with Crippen molar-refractivity contribution in [2.45, 2.75) is 19.3 Å². The number of aliphatic carboxylic acids is 1. The van der Waals surface area contributed by atoms with E-state index in [0.717, 1.165) is 18.4 Å². The van der Waals surface area contributed by atoms with Crippen molar-refractivity contribution in [2.24, 2.45) is 5.92 Å². The van der Waals surface area contributed by atoms with Gasteiger partial charge in [0.1, 0.15) is 0 Å². The lowest BCUT2D eigenvalue weighted by molar-refractivity contribution is -0.138. The number of hydrogen-bond acceptors (Lipinski definition) is 2. The number of piperidine rings is 1. The van der Waals surface area contributed by atoms with Gasteiger partial charge in [0.05, 0.1) is 0 Å². The third-order valence-electron chi connectivity index (χ3n) is 3.61. The van der Waals surface area contributed by atoms with Crippen LogP contribution in [0.1, 0.15) is 24.8 Å². The van der Waals surface area contributed by atoms with Gasteiger partial charge in [-0.3, -0.25) is 9.59 Å². The lowest BCUT2D eigenvalue weighted by Crippen LogP contribution is -2.37. The molecule has 0 aliphatic carbocycles. The molecule has 0 spiro atoms. The molecule has 106 valence electrons. The number of carboxylic acids is 1. The SMILES string of the molecule is O=C(O)CC1CCN(C(=O)C=Cc2ccccc2)CC1. The Morgan fingerprint density at radius 2 is 1.85 bits per heavy atom. The van der Waals surface area contributed by atoms with E-state index in [4.69, 9.17) is 5.11 Å². The summed E-state index contributed by atoms with van der Waals surface area (Å²) in [6, 6.07) is 9.70. The fourth-order valence-electron chi connectivity index (χ4n) is 2.44. The number of likely N-dealkylation sites (tertiary alicyclic amines) is 1. The van der Waals surface area contributed by atoms with Gasteiger partial charge in [-0.25, -0.2) is 0 Å². The summed E-state index contributed by atoms with van der Waals surface area (Å²) >= 11 is 0. The van der Waals surface area contributed by atoms with Crippen LogP contribution in [0.3, 0.4) is 0 Å². The number of rotatable bonds is 4. The molecule has 1 saturated heterocycles. The number of carbonyl (C=O) groups is 2. The van der Waals surface area contributed by atoms with Gasteiger partial charge in [0.2, 0.25) is 5.91 Å². The maximum absolute atomic E-state index is 12.0.